The quantitative estimate of drug-likeness (QED) is 0.848. The summed E-state index contributed by atoms with van der Waals surface area (Å²) in [5, 5.41) is 3.40. The number of nitrogens with one attached hydrogen (secondary N) is 1. The minimum Gasteiger partial charge on any atom is -0.381 e. The van der Waals surface area contributed by atoms with Crippen molar-refractivity contribution in [1.82, 2.24) is 9.47 Å². The molecule has 0 atom stereocenters. The van der Waals surface area contributed by atoms with E-state index in [1.807, 2.05) is 13.1 Å². The van der Waals surface area contributed by atoms with Crippen LogP contribution in [-0.2, 0) is 6.54 Å². The molecule has 1 aliphatic rings. The number of nitrogens with zero attached hydrogens (tertiary/aromatic N) is 2. The number of likely N-dealkylation sites (tertiary alicyclic amines) is 1. The fourth-order valence-electron chi connectivity index (χ4n) is 2.34. The van der Waals surface area contributed by atoms with Crippen molar-refractivity contribution in [2.45, 2.75) is 32.4 Å². The fraction of sp³-hybridized carbons (Fsp3) is 0.538. The minimum absolute atomic E-state index is 0.0107. The number of primary amides is 1. The van der Waals surface area contributed by atoms with Crippen LogP contribution >= 0.6 is 0 Å². The molecule has 2 amide bonds. The maximum absolute atomic E-state index is 11.5. The Bertz CT molecular complexity index is 504. The van der Waals surface area contributed by atoms with Crippen molar-refractivity contribution in [3.05, 3.63) is 28.7 Å². The Balaban J connectivity index is 1.96. The first kappa shape index (κ1) is 13.5. The monoisotopic (exact) mass is 264 g/mol. The van der Waals surface area contributed by atoms with Crippen LogP contribution < -0.4 is 16.6 Å². The van der Waals surface area contributed by atoms with E-state index in [0.717, 1.165) is 18.5 Å². The molecule has 6 heteroatoms. The standard InChI is InChI=1S/C13H20N4O2/c1-2-16-9-11(3-4-12(16)18)15-10-5-7-17(8-6-10)13(14)19/h3-4,9-10,15H,2,5-8H2,1H3,(H2,14,19). The second-order valence-corrected chi connectivity index (χ2v) is 4.79. The van der Waals surface area contributed by atoms with E-state index in [2.05, 4.69) is 5.32 Å². The van der Waals surface area contributed by atoms with Crippen LogP contribution in [0.1, 0.15) is 19.8 Å². The summed E-state index contributed by atoms with van der Waals surface area (Å²) in [6, 6.07) is 3.34. The number of carbonyl (C=O) groups is 1. The first-order valence-electron chi connectivity index (χ1n) is 6.61. The Kier molecular flexibility index (Phi) is 4.09. The van der Waals surface area contributed by atoms with Gasteiger partial charge in [-0.05, 0) is 25.8 Å². The Morgan fingerprint density at radius 3 is 2.68 bits per heavy atom. The molecule has 1 fully saturated rings. The molecule has 6 nitrogen and oxygen atoms in total. The third-order valence-electron chi connectivity index (χ3n) is 3.50. The number of amides is 2. The molecule has 0 aliphatic carbocycles. The highest BCUT2D eigenvalue weighted by Gasteiger charge is 2.20. The van der Waals surface area contributed by atoms with Gasteiger partial charge in [-0.2, -0.15) is 0 Å². The number of aryl methyl sites for hydroxylation is 1. The number of piperidine rings is 1. The van der Waals surface area contributed by atoms with E-state index in [-0.39, 0.29) is 11.6 Å². The summed E-state index contributed by atoms with van der Waals surface area (Å²) in [6.45, 7) is 3.96. The summed E-state index contributed by atoms with van der Waals surface area (Å²) in [6.07, 6.45) is 3.57. The molecule has 0 aromatic carbocycles. The lowest BCUT2D eigenvalue weighted by atomic mass is 10.1. The van der Waals surface area contributed by atoms with Crippen LogP contribution in [0.4, 0.5) is 10.5 Å². The van der Waals surface area contributed by atoms with Gasteiger partial charge >= 0.3 is 6.03 Å². The van der Waals surface area contributed by atoms with E-state index >= 15 is 0 Å². The average molecular weight is 264 g/mol. The third-order valence-corrected chi connectivity index (χ3v) is 3.50. The molecule has 1 saturated heterocycles. The highest BCUT2D eigenvalue weighted by atomic mass is 16.2. The summed E-state index contributed by atoms with van der Waals surface area (Å²) in [5.74, 6) is 0. The van der Waals surface area contributed by atoms with E-state index < -0.39 is 0 Å². The van der Waals surface area contributed by atoms with E-state index in [1.54, 1.807) is 21.6 Å². The molecule has 1 aromatic rings. The molecule has 0 radical (unpaired) electrons. The van der Waals surface area contributed by atoms with Gasteiger partial charge in [0.15, 0.2) is 0 Å². The number of rotatable bonds is 3. The molecule has 0 spiro atoms. The predicted octanol–water partition coefficient (Wildman–Crippen LogP) is 0.823. The Labute approximate surface area is 112 Å². The van der Waals surface area contributed by atoms with Crippen LogP contribution in [0.5, 0.6) is 0 Å². The molecular weight excluding hydrogens is 244 g/mol. The SMILES string of the molecule is CCn1cc(NC2CCN(C(N)=O)CC2)ccc1=O. The summed E-state index contributed by atoms with van der Waals surface area (Å²) in [7, 11) is 0. The van der Waals surface area contributed by atoms with Gasteiger partial charge in [0, 0.05) is 37.9 Å². The molecule has 2 heterocycles. The molecule has 0 saturated carbocycles. The van der Waals surface area contributed by atoms with Gasteiger partial charge < -0.3 is 20.5 Å². The van der Waals surface area contributed by atoms with Crippen LogP contribution in [0.2, 0.25) is 0 Å². The first-order chi connectivity index (χ1) is 9.10. The molecule has 3 N–H and O–H groups in total. The summed E-state index contributed by atoms with van der Waals surface area (Å²) >= 11 is 0. The number of hydrogen-bond acceptors (Lipinski definition) is 3. The molecule has 1 aliphatic heterocycles. The molecule has 0 unspecified atom stereocenters. The van der Waals surface area contributed by atoms with E-state index in [1.165, 1.54) is 0 Å². The van der Waals surface area contributed by atoms with Crippen molar-refractivity contribution in [3.8, 4) is 0 Å². The number of aromatic nitrogens is 1. The van der Waals surface area contributed by atoms with Gasteiger partial charge in [0.2, 0.25) is 0 Å². The van der Waals surface area contributed by atoms with Gasteiger partial charge in [0.1, 0.15) is 0 Å². The summed E-state index contributed by atoms with van der Waals surface area (Å²) in [4.78, 5) is 24.2. The molecule has 104 valence electrons. The molecule has 2 rings (SSSR count). The van der Waals surface area contributed by atoms with Gasteiger partial charge in [0.05, 0.1) is 5.69 Å². The van der Waals surface area contributed by atoms with E-state index in [9.17, 15) is 9.59 Å². The van der Waals surface area contributed by atoms with Crippen LogP contribution in [0.15, 0.2) is 23.1 Å². The number of hydrogen-bond donors (Lipinski definition) is 2. The lowest BCUT2D eigenvalue weighted by molar-refractivity contribution is 0.193. The average Bonchev–Trinajstić information content (AvgIpc) is 2.41. The predicted molar refractivity (Wildman–Crippen MR) is 74.2 cm³/mol. The normalized spacial score (nSPS) is 16.4. The zero-order valence-corrected chi connectivity index (χ0v) is 11.1. The number of pyridine rings is 1. The summed E-state index contributed by atoms with van der Waals surface area (Å²) in [5.41, 5.74) is 6.20. The van der Waals surface area contributed by atoms with Crippen LogP contribution in [0.25, 0.3) is 0 Å². The smallest absolute Gasteiger partial charge is 0.314 e. The zero-order valence-electron chi connectivity index (χ0n) is 11.1. The Morgan fingerprint density at radius 1 is 1.42 bits per heavy atom. The largest absolute Gasteiger partial charge is 0.381 e. The highest BCUT2D eigenvalue weighted by Crippen LogP contribution is 2.15. The summed E-state index contributed by atoms with van der Waals surface area (Å²) < 4.78 is 1.67. The van der Waals surface area contributed by atoms with Crippen molar-refractivity contribution >= 4 is 11.7 Å². The van der Waals surface area contributed by atoms with Crippen molar-refractivity contribution in [3.63, 3.8) is 0 Å². The van der Waals surface area contributed by atoms with Gasteiger partial charge in [0.25, 0.3) is 5.56 Å². The van der Waals surface area contributed by atoms with Gasteiger partial charge in [-0.25, -0.2) is 4.79 Å². The third kappa shape index (κ3) is 3.27. The van der Waals surface area contributed by atoms with Crippen LogP contribution in [0.3, 0.4) is 0 Å². The first-order valence-corrected chi connectivity index (χ1v) is 6.61. The second-order valence-electron chi connectivity index (χ2n) is 4.79. The number of nitrogens with two attached hydrogens (primary N) is 1. The van der Waals surface area contributed by atoms with E-state index in [0.29, 0.717) is 25.7 Å². The maximum Gasteiger partial charge on any atom is 0.314 e. The maximum atomic E-state index is 11.5. The number of anilines is 1. The van der Waals surface area contributed by atoms with Gasteiger partial charge in [-0.15, -0.1) is 0 Å². The van der Waals surface area contributed by atoms with Crippen molar-refractivity contribution in [2.24, 2.45) is 5.73 Å². The van der Waals surface area contributed by atoms with Crippen molar-refractivity contribution in [1.29, 1.82) is 0 Å². The van der Waals surface area contributed by atoms with Crippen molar-refractivity contribution in [2.75, 3.05) is 18.4 Å². The Hall–Kier alpha value is -1.98. The minimum atomic E-state index is -0.349. The molecule has 1 aromatic heterocycles. The highest BCUT2D eigenvalue weighted by molar-refractivity contribution is 5.72. The lowest BCUT2D eigenvalue weighted by Crippen LogP contribution is -2.44. The second kappa shape index (κ2) is 5.77. The van der Waals surface area contributed by atoms with Crippen LogP contribution in [-0.4, -0.2) is 34.6 Å². The lowest BCUT2D eigenvalue weighted by Gasteiger charge is -2.31. The molecule has 19 heavy (non-hydrogen) atoms. The number of carbonyl (C=O) groups excluding carboxylic acids is 1. The topological polar surface area (TPSA) is 80.4 Å². The molecular formula is C13H20N4O2. The number of urea groups is 1. The zero-order chi connectivity index (χ0) is 13.8. The fourth-order valence-corrected chi connectivity index (χ4v) is 2.34. The van der Waals surface area contributed by atoms with Gasteiger partial charge in [-0.3, -0.25) is 4.79 Å². The Morgan fingerprint density at radius 2 is 2.11 bits per heavy atom. The van der Waals surface area contributed by atoms with Crippen molar-refractivity contribution < 1.29 is 4.79 Å². The molecule has 0 bridgehead atoms. The van der Waals surface area contributed by atoms with E-state index in [4.69, 9.17) is 5.73 Å². The van der Waals surface area contributed by atoms with Crippen LogP contribution in [0, 0.1) is 0 Å². The van der Waals surface area contributed by atoms with Gasteiger partial charge in [-0.1, -0.05) is 0 Å².